The Kier molecular flexibility index (Phi) is 6.47. The minimum atomic E-state index is -0.266. The molecule has 0 atom stereocenters. The van der Waals surface area contributed by atoms with Gasteiger partial charge in [-0.05, 0) is 67.9 Å². The van der Waals surface area contributed by atoms with Crippen LogP contribution in [0.5, 0.6) is 0 Å². The van der Waals surface area contributed by atoms with Gasteiger partial charge in [-0.1, -0.05) is 18.2 Å². The van der Waals surface area contributed by atoms with Crippen molar-refractivity contribution in [3.63, 3.8) is 0 Å². The second kappa shape index (κ2) is 9.61. The van der Waals surface area contributed by atoms with Gasteiger partial charge in [0, 0.05) is 25.1 Å². The number of hydrogen-bond donors (Lipinski definition) is 1. The van der Waals surface area contributed by atoms with E-state index >= 15 is 0 Å². The maximum Gasteiger partial charge on any atom is 0.266 e. The summed E-state index contributed by atoms with van der Waals surface area (Å²) in [5, 5.41) is 11.4. The molecule has 3 aromatic rings. The average molecular weight is 408 g/mol. The largest absolute Gasteiger partial charge is 0.419 e. The van der Waals surface area contributed by atoms with E-state index in [1.54, 1.807) is 12.3 Å². The summed E-state index contributed by atoms with van der Waals surface area (Å²) in [4.78, 5) is 16.4. The van der Waals surface area contributed by atoms with Crippen molar-refractivity contribution in [2.24, 2.45) is 5.92 Å². The fourth-order valence-electron chi connectivity index (χ4n) is 3.90. The molecule has 7 heteroatoms. The Morgan fingerprint density at radius 2 is 1.97 bits per heavy atom. The summed E-state index contributed by atoms with van der Waals surface area (Å²) in [7, 11) is 0. The smallest absolute Gasteiger partial charge is 0.266 e. The number of aryl methyl sites for hydroxylation is 1. The van der Waals surface area contributed by atoms with Gasteiger partial charge in [-0.3, -0.25) is 9.78 Å². The lowest BCUT2D eigenvalue weighted by Gasteiger charge is -2.26. The van der Waals surface area contributed by atoms with Crippen LogP contribution in [0.1, 0.15) is 49.5 Å². The average Bonchev–Trinajstić information content (AvgIpc) is 3.28. The Bertz CT molecular complexity index is 968. The quantitative estimate of drug-likeness (QED) is 0.631. The molecule has 1 saturated carbocycles. The molecule has 0 radical (unpaired) electrons. The van der Waals surface area contributed by atoms with Gasteiger partial charge in [0.25, 0.3) is 5.89 Å². The monoisotopic (exact) mass is 408 g/mol. The molecule has 6 nitrogen and oxygen atoms in total. The maximum atomic E-state index is 13.2. The third-order valence-corrected chi connectivity index (χ3v) is 5.64. The van der Waals surface area contributed by atoms with Gasteiger partial charge >= 0.3 is 0 Å². The van der Waals surface area contributed by atoms with Crippen LogP contribution < -0.4 is 5.32 Å². The van der Waals surface area contributed by atoms with Crippen LogP contribution in [0.25, 0.3) is 11.6 Å². The highest BCUT2D eigenvalue weighted by Gasteiger charge is 2.26. The summed E-state index contributed by atoms with van der Waals surface area (Å²) in [6, 6.07) is 12.0. The van der Waals surface area contributed by atoms with Gasteiger partial charge < -0.3 is 9.73 Å². The Balaban J connectivity index is 1.19. The molecular weight excluding hydrogens is 383 g/mol. The van der Waals surface area contributed by atoms with Crippen LogP contribution in [0, 0.1) is 11.7 Å². The first-order chi connectivity index (χ1) is 14.7. The van der Waals surface area contributed by atoms with Crippen LogP contribution in [-0.4, -0.2) is 27.6 Å². The molecule has 2 aromatic heterocycles. The number of amides is 1. The molecule has 0 unspecified atom stereocenters. The molecule has 0 aliphatic heterocycles. The second-order valence-electron chi connectivity index (χ2n) is 7.81. The number of rotatable bonds is 7. The third kappa shape index (κ3) is 5.28. The van der Waals surface area contributed by atoms with Crippen LogP contribution in [-0.2, 0) is 11.2 Å². The highest BCUT2D eigenvalue weighted by molar-refractivity contribution is 5.76. The highest BCUT2D eigenvalue weighted by Crippen LogP contribution is 2.35. The van der Waals surface area contributed by atoms with Gasteiger partial charge in [0.2, 0.25) is 11.8 Å². The summed E-state index contributed by atoms with van der Waals surface area (Å²) in [5.41, 5.74) is 1.53. The fourth-order valence-corrected chi connectivity index (χ4v) is 3.90. The van der Waals surface area contributed by atoms with Gasteiger partial charge in [-0.25, -0.2) is 4.39 Å². The van der Waals surface area contributed by atoms with Gasteiger partial charge in [-0.15, -0.1) is 10.2 Å². The first-order valence-electron chi connectivity index (χ1n) is 10.4. The number of hydrogen-bond acceptors (Lipinski definition) is 5. The Morgan fingerprint density at radius 3 is 2.73 bits per heavy atom. The predicted molar refractivity (Wildman–Crippen MR) is 110 cm³/mol. The van der Waals surface area contributed by atoms with Crippen LogP contribution in [0.15, 0.2) is 53.1 Å². The minimum Gasteiger partial charge on any atom is -0.419 e. The highest BCUT2D eigenvalue weighted by atomic mass is 19.1. The molecule has 4 rings (SSSR count). The molecule has 1 fully saturated rings. The standard InChI is InChI=1S/C23H25FN4O2/c24-19-5-3-4-16(14-19)9-12-21(29)26-15-17-7-10-18(11-8-17)22-27-28-23(30-22)20-6-1-2-13-25-20/h1-6,13-14,17-18H,7-12,15H2,(H,26,29). The molecule has 0 saturated heterocycles. The van der Waals surface area contributed by atoms with Gasteiger partial charge in [0.1, 0.15) is 11.5 Å². The van der Waals surface area contributed by atoms with E-state index in [0.29, 0.717) is 42.8 Å². The van der Waals surface area contributed by atoms with Crippen LogP contribution in [0.4, 0.5) is 4.39 Å². The lowest BCUT2D eigenvalue weighted by molar-refractivity contribution is -0.121. The van der Waals surface area contributed by atoms with Crippen LogP contribution >= 0.6 is 0 Å². The van der Waals surface area contributed by atoms with Gasteiger partial charge in [0.15, 0.2) is 0 Å². The Hall–Kier alpha value is -3.09. The SMILES string of the molecule is O=C(CCc1cccc(F)c1)NCC1CCC(c2nnc(-c3ccccn3)o2)CC1. The van der Waals surface area contributed by atoms with Crippen molar-refractivity contribution in [3.05, 3.63) is 65.9 Å². The van der Waals surface area contributed by atoms with E-state index < -0.39 is 0 Å². The molecule has 1 aliphatic carbocycles. The molecule has 0 spiro atoms. The van der Waals surface area contributed by atoms with Gasteiger partial charge in [-0.2, -0.15) is 0 Å². The number of nitrogens with zero attached hydrogens (tertiary/aromatic N) is 3. The predicted octanol–water partition coefficient (Wildman–Crippen LogP) is 4.29. The molecule has 1 N–H and O–H groups in total. The van der Waals surface area contributed by atoms with Crippen molar-refractivity contribution in [1.82, 2.24) is 20.5 Å². The Morgan fingerprint density at radius 1 is 1.10 bits per heavy atom. The third-order valence-electron chi connectivity index (χ3n) is 5.64. The van der Waals surface area contributed by atoms with E-state index in [-0.39, 0.29) is 17.6 Å². The van der Waals surface area contributed by atoms with E-state index in [2.05, 4.69) is 20.5 Å². The molecule has 1 amide bonds. The normalized spacial score (nSPS) is 18.8. The van der Waals surface area contributed by atoms with E-state index in [4.69, 9.17) is 4.42 Å². The minimum absolute atomic E-state index is 0.0123. The number of carbonyl (C=O) groups excluding carboxylic acids is 1. The summed E-state index contributed by atoms with van der Waals surface area (Å²) in [6.07, 6.45) is 6.58. The fraction of sp³-hybridized carbons (Fsp3) is 0.391. The van der Waals surface area contributed by atoms with E-state index in [1.807, 2.05) is 24.3 Å². The maximum absolute atomic E-state index is 13.2. The number of benzene rings is 1. The molecular formula is C23H25FN4O2. The molecule has 0 bridgehead atoms. The zero-order valence-electron chi connectivity index (χ0n) is 16.8. The summed E-state index contributed by atoms with van der Waals surface area (Å²) in [5.74, 6) is 1.59. The van der Waals surface area contributed by atoms with Crippen molar-refractivity contribution in [1.29, 1.82) is 0 Å². The summed E-state index contributed by atoms with van der Waals surface area (Å²) < 4.78 is 19.0. The van der Waals surface area contributed by atoms with Crippen LogP contribution in [0.3, 0.4) is 0 Å². The number of halogens is 1. The van der Waals surface area contributed by atoms with Crippen molar-refractivity contribution in [3.8, 4) is 11.6 Å². The molecule has 156 valence electrons. The van der Waals surface area contributed by atoms with Crippen molar-refractivity contribution in [2.45, 2.75) is 44.4 Å². The van der Waals surface area contributed by atoms with E-state index in [9.17, 15) is 9.18 Å². The van der Waals surface area contributed by atoms with Gasteiger partial charge in [0.05, 0.1) is 0 Å². The van der Waals surface area contributed by atoms with Crippen LogP contribution in [0.2, 0.25) is 0 Å². The lowest BCUT2D eigenvalue weighted by Crippen LogP contribution is -2.31. The summed E-state index contributed by atoms with van der Waals surface area (Å²) in [6.45, 7) is 0.678. The number of carbonyl (C=O) groups is 1. The molecule has 2 heterocycles. The molecule has 1 aliphatic rings. The van der Waals surface area contributed by atoms with Crippen molar-refractivity contribution >= 4 is 5.91 Å². The molecule has 30 heavy (non-hydrogen) atoms. The number of pyridine rings is 1. The van der Waals surface area contributed by atoms with E-state index in [0.717, 1.165) is 31.2 Å². The summed E-state index contributed by atoms with van der Waals surface area (Å²) >= 11 is 0. The zero-order chi connectivity index (χ0) is 20.8. The first-order valence-corrected chi connectivity index (χ1v) is 10.4. The lowest BCUT2D eigenvalue weighted by atomic mass is 9.82. The Labute approximate surface area is 174 Å². The second-order valence-corrected chi connectivity index (χ2v) is 7.81. The van der Waals surface area contributed by atoms with Crippen molar-refractivity contribution in [2.75, 3.05) is 6.54 Å². The van der Waals surface area contributed by atoms with E-state index in [1.165, 1.54) is 12.1 Å². The number of nitrogens with one attached hydrogen (secondary N) is 1. The van der Waals surface area contributed by atoms with Crippen molar-refractivity contribution < 1.29 is 13.6 Å². The first kappa shape index (κ1) is 20.2. The number of aromatic nitrogens is 3. The molecule has 1 aromatic carbocycles. The topological polar surface area (TPSA) is 80.9 Å². The zero-order valence-corrected chi connectivity index (χ0v) is 16.8.